The number of allylic oxidation sites excluding steroid dienone is 4. The zero-order valence-corrected chi connectivity index (χ0v) is 13.7. The molecule has 1 fully saturated rings. The summed E-state index contributed by atoms with van der Waals surface area (Å²) in [6, 6.07) is 1.57. The summed E-state index contributed by atoms with van der Waals surface area (Å²) in [5.41, 5.74) is 13.1. The third-order valence-corrected chi connectivity index (χ3v) is 4.31. The van der Waals surface area contributed by atoms with E-state index in [-0.39, 0.29) is 11.4 Å². The maximum absolute atomic E-state index is 11.9. The van der Waals surface area contributed by atoms with Crippen molar-refractivity contribution in [3.63, 3.8) is 0 Å². The summed E-state index contributed by atoms with van der Waals surface area (Å²) in [6.45, 7) is 9.06. The molecule has 0 saturated carbocycles. The van der Waals surface area contributed by atoms with E-state index in [4.69, 9.17) is 16.2 Å². The average Bonchev–Trinajstić information content (AvgIpc) is 3.02. The smallest absolute Gasteiger partial charge is 0.354 e. The Kier molecular flexibility index (Phi) is 5.18. The van der Waals surface area contributed by atoms with Crippen LogP contribution in [0.25, 0.3) is 5.70 Å². The highest BCUT2D eigenvalue weighted by Gasteiger charge is 2.35. The van der Waals surface area contributed by atoms with Gasteiger partial charge in [-0.1, -0.05) is 18.7 Å². The summed E-state index contributed by atoms with van der Waals surface area (Å²) >= 11 is 0. The lowest BCUT2D eigenvalue weighted by atomic mass is 9.91. The van der Waals surface area contributed by atoms with E-state index in [0.29, 0.717) is 12.2 Å². The molecule has 0 radical (unpaired) electrons. The summed E-state index contributed by atoms with van der Waals surface area (Å²) in [6.07, 6.45) is 7.42. The standard InChI is InChI=1S/C17H24N4O2/c1-12(14(3)21-9-7-15(19)20-16(21)22)5-6-13(2)17(11-18)8-4-10-23-17/h5-7,9H,3-4,8,10-11,18H2,1-2H3,(H2,19,20,22)/b12-5-,13-6+. The van der Waals surface area contributed by atoms with Gasteiger partial charge in [-0.3, -0.25) is 4.57 Å². The third kappa shape index (κ3) is 3.60. The molecule has 0 aromatic carbocycles. The summed E-state index contributed by atoms with van der Waals surface area (Å²) in [7, 11) is 0. The summed E-state index contributed by atoms with van der Waals surface area (Å²) in [5, 5.41) is 0. The van der Waals surface area contributed by atoms with E-state index in [1.807, 2.05) is 26.0 Å². The molecule has 0 spiro atoms. The van der Waals surface area contributed by atoms with Crippen LogP contribution in [0.2, 0.25) is 0 Å². The largest absolute Gasteiger partial charge is 0.383 e. The summed E-state index contributed by atoms with van der Waals surface area (Å²) < 4.78 is 7.21. The molecule has 2 heterocycles. The van der Waals surface area contributed by atoms with E-state index in [9.17, 15) is 4.79 Å². The second-order valence-electron chi connectivity index (χ2n) is 5.80. The topological polar surface area (TPSA) is 96.2 Å². The second kappa shape index (κ2) is 6.93. The molecular weight excluding hydrogens is 292 g/mol. The van der Waals surface area contributed by atoms with E-state index in [0.717, 1.165) is 30.6 Å². The van der Waals surface area contributed by atoms with Gasteiger partial charge in [0.2, 0.25) is 0 Å². The normalized spacial score (nSPS) is 22.4. The van der Waals surface area contributed by atoms with Gasteiger partial charge in [0.25, 0.3) is 0 Å². The predicted octanol–water partition coefficient (Wildman–Crippen LogP) is 1.70. The second-order valence-corrected chi connectivity index (χ2v) is 5.80. The number of nitrogen functional groups attached to an aromatic ring is 1. The molecule has 0 bridgehead atoms. The Morgan fingerprint density at radius 1 is 1.52 bits per heavy atom. The maximum Gasteiger partial charge on any atom is 0.354 e. The number of rotatable bonds is 5. The Bertz CT molecular complexity index is 710. The number of hydrogen-bond acceptors (Lipinski definition) is 5. The van der Waals surface area contributed by atoms with Crippen LogP contribution in [0, 0.1) is 0 Å². The molecule has 1 aliphatic rings. The van der Waals surface area contributed by atoms with E-state index < -0.39 is 5.69 Å². The number of aromatic nitrogens is 2. The molecule has 1 saturated heterocycles. The Morgan fingerprint density at radius 2 is 2.26 bits per heavy atom. The van der Waals surface area contributed by atoms with Gasteiger partial charge >= 0.3 is 5.69 Å². The number of ether oxygens (including phenoxy) is 1. The predicted molar refractivity (Wildman–Crippen MR) is 92.7 cm³/mol. The molecule has 6 nitrogen and oxygen atoms in total. The molecule has 1 atom stereocenters. The number of nitrogens with two attached hydrogens (primary N) is 2. The van der Waals surface area contributed by atoms with Crippen molar-refractivity contribution >= 4 is 11.5 Å². The van der Waals surface area contributed by atoms with Crippen LogP contribution in [0.15, 0.2) is 46.9 Å². The number of hydrogen-bond donors (Lipinski definition) is 2. The van der Waals surface area contributed by atoms with E-state index >= 15 is 0 Å². The molecule has 0 aliphatic carbocycles. The van der Waals surface area contributed by atoms with Crippen molar-refractivity contribution in [1.29, 1.82) is 0 Å². The first-order valence-electron chi connectivity index (χ1n) is 7.64. The van der Waals surface area contributed by atoms with Crippen molar-refractivity contribution < 1.29 is 4.74 Å². The van der Waals surface area contributed by atoms with Gasteiger partial charge in [-0.2, -0.15) is 4.98 Å². The van der Waals surface area contributed by atoms with Crippen molar-refractivity contribution in [1.82, 2.24) is 9.55 Å². The number of anilines is 1. The minimum absolute atomic E-state index is 0.194. The fraction of sp³-hybridized carbons (Fsp3) is 0.412. The minimum atomic E-state index is -0.444. The summed E-state index contributed by atoms with van der Waals surface area (Å²) in [5.74, 6) is 0.194. The first kappa shape index (κ1) is 17.2. The fourth-order valence-electron chi connectivity index (χ4n) is 2.64. The SMILES string of the molecule is C=C(/C(C)=C\C=C(/C)C1(CN)CCCO1)n1ccc(N)nc1=O. The zero-order valence-electron chi connectivity index (χ0n) is 13.7. The van der Waals surface area contributed by atoms with Crippen molar-refractivity contribution in [3.05, 3.63) is 52.6 Å². The van der Waals surface area contributed by atoms with Gasteiger partial charge in [-0.15, -0.1) is 0 Å². The Labute approximate surface area is 136 Å². The highest BCUT2D eigenvalue weighted by atomic mass is 16.5. The minimum Gasteiger partial charge on any atom is -0.383 e. The molecule has 1 aliphatic heterocycles. The highest BCUT2D eigenvalue weighted by Crippen LogP contribution is 2.32. The Morgan fingerprint density at radius 3 is 2.83 bits per heavy atom. The van der Waals surface area contributed by atoms with Crippen LogP contribution in [0.1, 0.15) is 26.7 Å². The van der Waals surface area contributed by atoms with Gasteiger partial charge in [-0.05, 0) is 43.9 Å². The van der Waals surface area contributed by atoms with Gasteiger partial charge < -0.3 is 16.2 Å². The zero-order chi connectivity index (χ0) is 17.0. The molecule has 1 aromatic heterocycles. The molecular formula is C17H24N4O2. The van der Waals surface area contributed by atoms with Gasteiger partial charge in [-0.25, -0.2) is 4.79 Å². The van der Waals surface area contributed by atoms with E-state index in [1.54, 1.807) is 12.3 Å². The average molecular weight is 316 g/mol. The van der Waals surface area contributed by atoms with E-state index in [1.165, 1.54) is 4.57 Å². The molecule has 124 valence electrons. The van der Waals surface area contributed by atoms with Crippen molar-refractivity contribution in [2.75, 3.05) is 18.9 Å². The summed E-state index contributed by atoms with van der Waals surface area (Å²) in [4.78, 5) is 15.6. The molecule has 1 aromatic rings. The highest BCUT2D eigenvalue weighted by molar-refractivity contribution is 5.62. The van der Waals surface area contributed by atoms with Crippen molar-refractivity contribution in [3.8, 4) is 0 Å². The molecule has 6 heteroatoms. The van der Waals surface area contributed by atoms with Crippen LogP contribution in [0.4, 0.5) is 5.82 Å². The van der Waals surface area contributed by atoms with Crippen LogP contribution >= 0.6 is 0 Å². The molecule has 2 rings (SSSR count). The quantitative estimate of drug-likeness (QED) is 0.806. The first-order chi connectivity index (χ1) is 10.9. The van der Waals surface area contributed by atoms with Gasteiger partial charge in [0, 0.05) is 25.0 Å². The van der Waals surface area contributed by atoms with Crippen molar-refractivity contribution in [2.24, 2.45) is 5.73 Å². The maximum atomic E-state index is 11.9. The first-order valence-corrected chi connectivity index (χ1v) is 7.64. The van der Waals surface area contributed by atoms with Crippen LogP contribution in [0.3, 0.4) is 0 Å². The Hall–Kier alpha value is -2.18. The van der Waals surface area contributed by atoms with Crippen LogP contribution in [-0.4, -0.2) is 28.3 Å². The van der Waals surface area contributed by atoms with Crippen molar-refractivity contribution in [2.45, 2.75) is 32.3 Å². The third-order valence-electron chi connectivity index (χ3n) is 4.31. The lowest BCUT2D eigenvalue weighted by Crippen LogP contribution is -2.38. The van der Waals surface area contributed by atoms with Gasteiger partial charge in [0.15, 0.2) is 0 Å². The fourth-order valence-corrected chi connectivity index (χ4v) is 2.64. The van der Waals surface area contributed by atoms with Crippen LogP contribution in [-0.2, 0) is 4.74 Å². The van der Waals surface area contributed by atoms with E-state index in [2.05, 4.69) is 11.6 Å². The molecule has 23 heavy (non-hydrogen) atoms. The Balaban J connectivity index is 2.23. The molecule has 1 unspecified atom stereocenters. The molecule has 4 N–H and O–H groups in total. The lowest BCUT2D eigenvalue weighted by Gasteiger charge is -2.27. The van der Waals surface area contributed by atoms with Crippen LogP contribution in [0.5, 0.6) is 0 Å². The lowest BCUT2D eigenvalue weighted by molar-refractivity contribution is 0.0428. The molecule has 0 amide bonds. The number of nitrogens with zero attached hydrogens (tertiary/aromatic N) is 2. The van der Waals surface area contributed by atoms with Gasteiger partial charge in [0.05, 0.1) is 0 Å². The monoisotopic (exact) mass is 316 g/mol. The van der Waals surface area contributed by atoms with Gasteiger partial charge in [0.1, 0.15) is 11.4 Å². The van der Waals surface area contributed by atoms with Crippen LogP contribution < -0.4 is 17.2 Å².